The van der Waals surface area contributed by atoms with Crippen LogP contribution in [0.5, 0.6) is 5.75 Å². The molecule has 0 aliphatic rings. The second-order valence-electron chi connectivity index (χ2n) is 3.34. The van der Waals surface area contributed by atoms with Crippen molar-refractivity contribution in [2.45, 2.75) is 12.6 Å². The molecule has 0 spiro atoms. The van der Waals surface area contributed by atoms with Crippen LogP contribution in [-0.4, -0.2) is 18.8 Å². The number of benzene rings is 1. The molecule has 0 saturated carbocycles. The molecule has 1 rings (SSSR count). The number of alkyl halides is 1. The molecule has 4 heteroatoms. The fraction of sp³-hybridized carbons (Fsp3) is 0.400. The molecule has 2 nitrogen and oxygen atoms in total. The maximum atomic E-state index is 13.4. The van der Waals surface area contributed by atoms with Crippen molar-refractivity contribution in [2.24, 2.45) is 5.73 Å². The smallest absolute Gasteiger partial charge is 0.154 e. The molecule has 78 valence electrons. The zero-order chi connectivity index (χ0) is 10.6. The quantitative estimate of drug-likeness (QED) is 0.904. The van der Waals surface area contributed by atoms with Gasteiger partial charge in [0.2, 0.25) is 0 Å². The van der Waals surface area contributed by atoms with Crippen LogP contribution in [0.3, 0.4) is 0 Å². The molecule has 2 N–H and O–H groups in total. The summed E-state index contributed by atoms with van der Waals surface area (Å²) < 4.78 is 19.5. The minimum absolute atomic E-state index is 0.0356. The summed E-state index contributed by atoms with van der Waals surface area (Å²) in [5.41, 5.74) is 3.76. The third kappa shape index (κ3) is 3.27. The van der Waals surface area contributed by atoms with E-state index in [1.54, 1.807) is 6.07 Å². The van der Waals surface area contributed by atoms with Gasteiger partial charge in [0.05, 0.1) is 4.47 Å². The van der Waals surface area contributed by atoms with Crippen molar-refractivity contribution in [1.29, 1.82) is 0 Å². The Morgan fingerprint density at radius 1 is 1.50 bits per heavy atom. The van der Waals surface area contributed by atoms with Crippen LogP contribution in [0.25, 0.3) is 0 Å². The molecule has 0 saturated heterocycles. The third-order valence-corrected chi connectivity index (χ3v) is 2.45. The Morgan fingerprint density at radius 2 is 2.14 bits per heavy atom. The van der Waals surface area contributed by atoms with Gasteiger partial charge in [-0.25, -0.2) is 4.39 Å². The predicted molar refractivity (Wildman–Crippen MR) is 58.2 cm³/mol. The van der Waals surface area contributed by atoms with E-state index in [4.69, 9.17) is 10.5 Å². The number of hydrogen-bond donors (Lipinski definition) is 1. The number of ether oxygens (including phenoxy) is 1. The zero-order valence-electron chi connectivity index (χ0n) is 7.97. The molecule has 1 atom stereocenters. The van der Waals surface area contributed by atoms with E-state index in [-0.39, 0.29) is 13.2 Å². The minimum atomic E-state index is -1.48. The topological polar surface area (TPSA) is 35.2 Å². The van der Waals surface area contributed by atoms with Crippen molar-refractivity contribution in [2.75, 3.05) is 13.2 Å². The maximum absolute atomic E-state index is 13.4. The van der Waals surface area contributed by atoms with E-state index in [1.165, 1.54) is 6.92 Å². The van der Waals surface area contributed by atoms with Crippen molar-refractivity contribution in [1.82, 2.24) is 0 Å². The first-order valence-corrected chi connectivity index (χ1v) is 5.11. The normalized spacial score (nSPS) is 14.9. The molecular weight excluding hydrogens is 249 g/mol. The summed E-state index contributed by atoms with van der Waals surface area (Å²) in [5.74, 6) is 0.629. The van der Waals surface area contributed by atoms with Crippen LogP contribution in [0.4, 0.5) is 4.39 Å². The Labute approximate surface area is 91.4 Å². The fourth-order valence-corrected chi connectivity index (χ4v) is 1.25. The average molecular weight is 262 g/mol. The Hall–Kier alpha value is -0.610. The monoisotopic (exact) mass is 261 g/mol. The SMILES string of the molecule is CC(F)(CN)COc1ccccc1Br. The van der Waals surface area contributed by atoms with Gasteiger partial charge in [0.25, 0.3) is 0 Å². The van der Waals surface area contributed by atoms with Crippen molar-refractivity contribution in [3.63, 3.8) is 0 Å². The van der Waals surface area contributed by atoms with Gasteiger partial charge >= 0.3 is 0 Å². The largest absolute Gasteiger partial charge is 0.489 e. The highest BCUT2D eigenvalue weighted by Gasteiger charge is 2.22. The number of halogens is 2. The van der Waals surface area contributed by atoms with E-state index < -0.39 is 5.67 Å². The lowest BCUT2D eigenvalue weighted by Gasteiger charge is -2.18. The lowest BCUT2D eigenvalue weighted by molar-refractivity contribution is 0.110. The molecular formula is C10H13BrFNO. The highest BCUT2D eigenvalue weighted by atomic mass is 79.9. The number of para-hydroxylation sites is 1. The Balaban J connectivity index is 2.58. The Morgan fingerprint density at radius 3 is 2.71 bits per heavy atom. The zero-order valence-corrected chi connectivity index (χ0v) is 9.55. The molecule has 0 heterocycles. The van der Waals surface area contributed by atoms with Crippen LogP contribution in [0.2, 0.25) is 0 Å². The minimum Gasteiger partial charge on any atom is -0.489 e. The highest BCUT2D eigenvalue weighted by Crippen LogP contribution is 2.24. The van der Waals surface area contributed by atoms with Crippen LogP contribution in [0, 0.1) is 0 Å². The van der Waals surface area contributed by atoms with Crippen LogP contribution >= 0.6 is 15.9 Å². The fourth-order valence-electron chi connectivity index (χ4n) is 0.849. The van der Waals surface area contributed by atoms with Gasteiger partial charge < -0.3 is 10.5 Å². The van der Waals surface area contributed by atoms with Crippen LogP contribution < -0.4 is 10.5 Å². The lowest BCUT2D eigenvalue weighted by atomic mass is 10.1. The van der Waals surface area contributed by atoms with Crippen molar-refractivity contribution < 1.29 is 9.13 Å². The maximum Gasteiger partial charge on any atom is 0.154 e. The second kappa shape index (κ2) is 4.75. The van der Waals surface area contributed by atoms with Crippen LogP contribution in [0.1, 0.15) is 6.92 Å². The van der Waals surface area contributed by atoms with Crippen LogP contribution in [0.15, 0.2) is 28.7 Å². The molecule has 0 bridgehead atoms. The molecule has 14 heavy (non-hydrogen) atoms. The molecule has 0 radical (unpaired) electrons. The molecule has 1 aromatic carbocycles. The van der Waals surface area contributed by atoms with Crippen molar-refractivity contribution >= 4 is 15.9 Å². The number of hydrogen-bond acceptors (Lipinski definition) is 2. The van der Waals surface area contributed by atoms with Gasteiger partial charge in [-0.05, 0) is 35.0 Å². The summed E-state index contributed by atoms with van der Waals surface area (Å²) in [6, 6.07) is 7.32. The average Bonchev–Trinajstić information content (AvgIpc) is 2.17. The van der Waals surface area contributed by atoms with Crippen molar-refractivity contribution in [3.8, 4) is 5.75 Å². The summed E-state index contributed by atoms with van der Waals surface area (Å²) >= 11 is 3.31. The van der Waals surface area contributed by atoms with E-state index >= 15 is 0 Å². The standard InChI is InChI=1S/C10H13BrFNO/c1-10(12,6-13)7-14-9-5-3-2-4-8(9)11/h2-5H,6-7,13H2,1H3. The third-order valence-electron chi connectivity index (χ3n) is 1.79. The predicted octanol–water partition coefficient (Wildman–Crippen LogP) is 2.51. The highest BCUT2D eigenvalue weighted by molar-refractivity contribution is 9.10. The molecule has 0 amide bonds. The first-order valence-electron chi connectivity index (χ1n) is 4.31. The first kappa shape index (κ1) is 11.5. The molecule has 0 aliphatic heterocycles. The van der Waals surface area contributed by atoms with E-state index in [9.17, 15) is 4.39 Å². The summed E-state index contributed by atoms with van der Waals surface area (Å²) in [5, 5.41) is 0. The summed E-state index contributed by atoms with van der Waals surface area (Å²) in [7, 11) is 0. The van der Waals surface area contributed by atoms with Gasteiger partial charge in [0.1, 0.15) is 12.4 Å². The van der Waals surface area contributed by atoms with E-state index in [0.29, 0.717) is 5.75 Å². The molecule has 0 aromatic heterocycles. The van der Waals surface area contributed by atoms with E-state index in [0.717, 1.165) is 4.47 Å². The molecule has 0 aliphatic carbocycles. The Kier molecular flexibility index (Phi) is 3.89. The number of nitrogens with two attached hydrogens (primary N) is 1. The molecule has 1 aromatic rings. The van der Waals surface area contributed by atoms with Gasteiger partial charge in [-0.15, -0.1) is 0 Å². The lowest BCUT2D eigenvalue weighted by Crippen LogP contribution is -2.35. The van der Waals surface area contributed by atoms with Gasteiger partial charge in [-0.3, -0.25) is 0 Å². The second-order valence-corrected chi connectivity index (χ2v) is 4.19. The summed E-state index contributed by atoms with van der Waals surface area (Å²) in [6.45, 7) is 1.34. The first-order chi connectivity index (χ1) is 6.55. The van der Waals surface area contributed by atoms with Gasteiger partial charge in [0, 0.05) is 6.54 Å². The molecule has 1 unspecified atom stereocenters. The number of rotatable bonds is 4. The summed E-state index contributed by atoms with van der Waals surface area (Å²) in [6.07, 6.45) is 0. The van der Waals surface area contributed by atoms with E-state index in [2.05, 4.69) is 15.9 Å². The van der Waals surface area contributed by atoms with Crippen molar-refractivity contribution in [3.05, 3.63) is 28.7 Å². The summed E-state index contributed by atoms with van der Waals surface area (Å²) in [4.78, 5) is 0. The van der Waals surface area contributed by atoms with E-state index in [1.807, 2.05) is 18.2 Å². The Bertz CT molecular complexity index is 304. The molecule has 0 fully saturated rings. The van der Waals surface area contributed by atoms with Gasteiger partial charge in [-0.2, -0.15) is 0 Å². The van der Waals surface area contributed by atoms with Crippen LogP contribution in [-0.2, 0) is 0 Å². The van der Waals surface area contributed by atoms with Gasteiger partial charge in [0.15, 0.2) is 5.67 Å². The van der Waals surface area contributed by atoms with Gasteiger partial charge in [-0.1, -0.05) is 12.1 Å².